The Morgan fingerprint density at radius 3 is 3.07 bits per heavy atom. The van der Waals surface area contributed by atoms with E-state index < -0.39 is 0 Å². The van der Waals surface area contributed by atoms with Gasteiger partial charge in [-0.3, -0.25) is 0 Å². The summed E-state index contributed by atoms with van der Waals surface area (Å²) in [5.74, 6) is 0. The summed E-state index contributed by atoms with van der Waals surface area (Å²) in [6.45, 7) is 4.33. The number of fused-ring (bicyclic) bond motifs is 1. The Bertz CT molecular complexity index is 414. The monoisotopic (exact) mass is 224 g/mol. The van der Waals surface area contributed by atoms with E-state index in [2.05, 4.69) is 23.8 Å². The molecule has 15 heavy (non-hydrogen) atoms. The number of rotatable bonds is 3. The first-order valence-electron chi connectivity index (χ1n) is 5.49. The Morgan fingerprint density at radius 1 is 1.53 bits per heavy atom. The molecular weight excluding hydrogens is 208 g/mol. The van der Waals surface area contributed by atoms with Gasteiger partial charge in [-0.2, -0.15) is 4.98 Å². The Labute approximate surface area is 93.7 Å². The zero-order chi connectivity index (χ0) is 10.8. The molecule has 0 bridgehead atoms. The van der Waals surface area contributed by atoms with Gasteiger partial charge in [0.05, 0.1) is 0 Å². The molecule has 82 valence electrons. The maximum absolute atomic E-state index is 11.3. The van der Waals surface area contributed by atoms with Gasteiger partial charge in [0.15, 0.2) is 0 Å². The van der Waals surface area contributed by atoms with Crippen LogP contribution in [0.1, 0.15) is 37.9 Å². The highest BCUT2D eigenvalue weighted by Gasteiger charge is 2.18. The number of aromatic amines is 1. The van der Waals surface area contributed by atoms with Crippen molar-refractivity contribution in [3.05, 3.63) is 21.7 Å². The van der Waals surface area contributed by atoms with E-state index in [1.807, 2.05) is 0 Å². The second-order valence-corrected chi connectivity index (χ2v) is 5.42. The van der Waals surface area contributed by atoms with E-state index in [-0.39, 0.29) is 5.69 Å². The average Bonchev–Trinajstić information content (AvgIpc) is 2.65. The van der Waals surface area contributed by atoms with Crippen LogP contribution in [0.2, 0.25) is 0 Å². The molecule has 1 atom stereocenters. The Morgan fingerprint density at radius 2 is 2.33 bits per heavy atom. The minimum atomic E-state index is -0.193. The highest BCUT2D eigenvalue weighted by atomic mass is 32.2. The molecule has 1 unspecified atom stereocenters. The fourth-order valence-corrected chi connectivity index (χ4v) is 2.86. The number of H-pyrrole nitrogens is 1. The van der Waals surface area contributed by atoms with Crippen LogP contribution in [0.5, 0.6) is 0 Å². The number of thioether (sulfide) groups is 1. The SMILES string of the molecule is CCC(C)Sc1nc(=O)[nH]c2c1CCC2. The van der Waals surface area contributed by atoms with Crippen molar-refractivity contribution in [2.24, 2.45) is 0 Å². The zero-order valence-corrected chi connectivity index (χ0v) is 9.99. The molecule has 0 spiro atoms. The van der Waals surface area contributed by atoms with Crippen molar-refractivity contribution in [3.63, 3.8) is 0 Å². The van der Waals surface area contributed by atoms with Crippen LogP contribution in [-0.4, -0.2) is 15.2 Å². The van der Waals surface area contributed by atoms with Crippen LogP contribution in [-0.2, 0) is 12.8 Å². The van der Waals surface area contributed by atoms with Gasteiger partial charge in [-0.05, 0) is 25.7 Å². The predicted octanol–water partition coefficient (Wildman–Crippen LogP) is 2.15. The van der Waals surface area contributed by atoms with Crippen LogP contribution >= 0.6 is 11.8 Å². The lowest BCUT2D eigenvalue weighted by Crippen LogP contribution is -2.15. The van der Waals surface area contributed by atoms with E-state index in [0.717, 1.165) is 36.4 Å². The third-order valence-electron chi connectivity index (χ3n) is 2.82. The lowest BCUT2D eigenvalue weighted by Gasteiger charge is -2.10. The second kappa shape index (κ2) is 4.39. The molecule has 1 aliphatic rings. The highest BCUT2D eigenvalue weighted by Crippen LogP contribution is 2.30. The number of nitrogens with one attached hydrogen (secondary N) is 1. The second-order valence-electron chi connectivity index (χ2n) is 3.99. The molecule has 1 aromatic heterocycles. The van der Waals surface area contributed by atoms with Gasteiger partial charge >= 0.3 is 5.69 Å². The molecule has 0 amide bonds. The third-order valence-corrected chi connectivity index (χ3v) is 4.12. The summed E-state index contributed by atoms with van der Waals surface area (Å²) in [6.07, 6.45) is 4.32. The Kier molecular flexibility index (Phi) is 3.14. The number of aryl methyl sites for hydroxylation is 1. The molecule has 1 aromatic rings. The molecule has 0 fully saturated rings. The molecular formula is C11H16N2OS. The van der Waals surface area contributed by atoms with Crippen LogP contribution < -0.4 is 5.69 Å². The minimum absolute atomic E-state index is 0.193. The van der Waals surface area contributed by atoms with Gasteiger partial charge < -0.3 is 4.98 Å². The topological polar surface area (TPSA) is 45.8 Å². The normalized spacial score (nSPS) is 16.4. The maximum Gasteiger partial charge on any atom is 0.346 e. The van der Waals surface area contributed by atoms with Gasteiger partial charge in [0, 0.05) is 16.5 Å². The van der Waals surface area contributed by atoms with Crippen molar-refractivity contribution in [2.75, 3.05) is 0 Å². The fourth-order valence-electron chi connectivity index (χ4n) is 1.81. The van der Waals surface area contributed by atoms with Gasteiger partial charge in [-0.25, -0.2) is 4.79 Å². The summed E-state index contributed by atoms with van der Waals surface area (Å²) in [4.78, 5) is 18.3. The summed E-state index contributed by atoms with van der Waals surface area (Å²) in [6, 6.07) is 0. The van der Waals surface area contributed by atoms with Crippen LogP contribution in [0.4, 0.5) is 0 Å². The maximum atomic E-state index is 11.3. The average molecular weight is 224 g/mol. The van der Waals surface area contributed by atoms with E-state index in [0.29, 0.717) is 5.25 Å². The van der Waals surface area contributed by atoms with Gasteiger partial charge in [-0.15, -0.1) is 11.8 Å². The molecule has 0 aliphatic heterocycles. The first-order chi connectivity index (χ1) is 7.20. The van der Waals surface area contributed by atoms with Crippen molar-refractivity contribution in [2.45, 2.75) is 49.8 Å². The van der Waals surface area contributed by atoms with Crippen LogP contribution in [0, 0.1) is 0 Å². The van der Waals surface area contributed by atoms with Crippen molar-refractivity contribution in [1.29, 1.82) is 0 Å². The molecule has 0 radical (unpaired) electrons. The lowest BCUT2D eigenvalue weighted by molar-refractivity contribution is 0.876. The number of nitrogens with zero attached hydrogens (tertiary/aromatic N) is 1. The molecule has 4 heteroatoms. The summed E-state index contributed by atoms with van der Waals surface area (Å²) in [5, 5.41) is 1.49. The van der Waals surface area contributed by atoms with Crippen LogP contribution in [0.25, 0.3) is 0 Å². The molecule has 0 saturated heterocycles. The molecule has 3 nitrogen and oxygen atoms in total. The summed E-state index contributed by atoms with van der Waals surface area (Å²) >= 11 is 1.73. The molecule has 0 saturated carbocycles. The summed E-state index contributed by atoms with van der Waals surface area (Å²) < 4.78 is 0. The molecule has 1 N–H and O–H groups in total. The van der Waals surface area contributed by atoms with Gasteiger partial charge in [0.2, 0.25) is 0 Å². The Balaban J connectivity index is 2.34. The van der Waals surface area contributed by atoms with Gasteiger partial charge in [0.1, 0.15) is 5.03 Å². The predicted molar refractivity (Wildman–Crippen MR) is 62.5 cm³/mol. The quantitative estimate of drug-likeness (QED) is 0.632. The van der Waals surface area contributed by atoms with Crippen molar-refractivity contribution in [3.8, 4) is 0 Å². The first-order valence-corrected chi connectivity index (χ1v) is 6.37. The zero-order valence-electron chi connectivity index (χ0n) is 9.17. The third kappa shape index (κ3) is 2.25. The lowest BCUT2D eigenvalue weighted by atomic mass is 10.3. The molecule has 1 heterocycles. The largest absolute Gasteiger partial charge is 0.346 e. The summed E-state index contributed by atoms with van der Waals surface area (Å²) in [7, 11) is 0. The highest BCUT2D eigenvalue weighted by molar-refractivity contribution is 7.99. The molecule has 0 aromatic carbocycles. The number of aromatic nitrogens is 2. The van der Waals surface area contributed by atoms with Gasteiger partial charge in [-0.1, -0.05) is 13.8 Å². The summed E-state index contributed by atoms with van der Waals surface area (Å²) in [5.41, 5.74) is 2.20. The van der Waals surface area contributed by atoms with E-state index in [9.17, 15) is 4.79 Å². The van der Waals surface area contributed by atoms with Crippen molar-refractivity contribution < 1.29 is 0 Å². The van der Waals surface area contributed by atoms with E-state index in [1.165, 1.54) is 5.56 Å². The number of hydrogen-bond donors (Lipinski definition) is 1. The van der Waals surface area contributed by atoms with Crippen molar-refractivity contribution in [1.82, 2.24) is 9.97 Å². The van der Waals surface area contributed by atoms with Crippen molar-refractivity contribution >= 4 is 11.8 Å². The smallest absolute Gasteiger partial charge is 0.309 e. The first kappa shape index (κ1) is 10.7. The van der Waals surface area contributed by atoms with E-state index in [1.54, 1.807) is 11.8 Å². The molecule has 2 rings (SSSR count). The van der Waals surface area contributed by atoms with Crippen LogP contribution in [0.3, 0.4) is 0 Å². The standard InChI is InChI=1S/C11H16N2OS/c1-3-7(2)15-10-8-5-4-6-9(8)12-11(14)13-10/h7H,3-6H2,1-2H3,(H,12,13,14). The van der Waals surface area contributed by atoms with E-state index in [4.69, 9.17) is 0 Å². The van der Waals surface area contributed by atoms with Gasteiger partial charge in [0.25, 0.3) is 0 Å². The Hall–Kier alpha value is -0.770. The van der Waals surface area contributed by atoms with E-state index >= 15 is 0 Å². The number of hydrogen-bond acceptors (Lipinski definition) is 3. The van der Waals surface area contributed by atoms with Crippen LogP contribution in [0.15, 0.2) is 9.82 Å². The fraction of sp³-hybridized carbons (Fsp3) is 0.636. The molecule has 1 aliphatic carbocycles. The minimum Gasteiger partial charge on any atom is -0.309 e.